The molecule has 1 aromatic heterocycles. The Hall–Kier alpha value is -1.19. The molecule has 0 radical (unpaired) electrons. The van der Waals surface area contributed by atoms with Gasteiger partial charge in [-0.2, -0.15) is 5.10 Å². The zero-order chi connectivity index (χ0) is 9.42. The monoisotopic (exact) mass is 182 g/mol. The maximum Gasteiger partial charge on any atom is 0.170 e. The summed E-state index contributed by atoms with van der Waals surface area (Å²) in [5.74, 6) is 0. The third kappa shape index (κ3) is 1.17. The number of halogens is 1. The molecule has 2 rings (SSSR count). The number of fused-ring (bicyclic) bond motifs is 1. The number of carbonyl (C=O) groups excluding carboxylic acids is 1. The van der Waals surface area contributed by atoms with Gasteiger partial charge in [-0.25, -0.2) is 4.39 Å². The molecular formula is C9H11FN2O. The van der Waals surface area contributed by atoms with Crippen LogP contribution in [0.3, 0.4) is 0 Å². The molecule has 0 fully saturated rings. The minimum Gasteiger partial charge on any atom is -0.296 e. The van der Waals surface area contributed by atoms with Crippen LogP contribution < -0.4 is 0 Å². The van der Waals surface area contributed by atoms with Crippen molar-refractivity contribution in [3.63, 3.8) is 0 Å². The van der Waals surface area contributed by atoms with Gasteiger partial charge in [-0.3, -0.25) is 9.48 Å². The fourth-order valence-electron chi connectivity index (χ4n) is 1.92. The quantitative estimate of drug-likeness (QED) is 0.618. The lowest BCUT2D eigenvalue weighted by molar-refractivity contribution is 0.111. The van der Waals surface area contributed by atoms with E-state index in [-0.39, 0.29) is 5.69 Å². The standard InChI is InChI=1S/C9H11FN2O/c1-12-8-4-2-3-6(10)9(8)7(5-13)11-12/h5-6H,2-4H2,1H3. The molecule has 1 aromatic rings. The van der Waals surface area contributed by atoms with Crippen molar-refractivity contribution < 1.29 is 9.18 Å². The van der Waals surface area contributed by atoms with Crippen molar-refractivity contribution in [2.75, 3.05) is 0 Å². The van der Waals surface area contributed by atoms with E-state index in [9.17, 15) is 9.18 Å². The Balaban J connectivity index is 2.58. The molecule has 1 atom stereocenters. The number of nitrogens with zero attached hydrogens (tertiary/aromatic N) is 2. The summed E-state index contributed by atoms with van der Waals surface area (Å²) in [6.45, 7) is 0. The van der Waals surface area contributed by atoms with Crippen molar-refractivity contribution in [2.24, 2.45) is 7.05 Å². The van der Waals surface area contributed by atoms with E-state index < -0.39 is 6.17 Å². The molecule has 0 aliphatic heterocycles. The average Bonchev–Trinajstić information content (AvgIpc) is 2.45. The van der Waals surface area contributed by atoms with Gasteiger partial charge in [0, 0.05) is 18.3 Å². The largest absolute Gasteiger partial charge is 0.296 e. The van der Waals surface area contributed by atoms with Crippen molar-refractivity contribution in [1.82, 2.24) is 9.78 Å². The molecule has 0 saturated heterocycles. The van der Waals surface area contributed by atoms with Crippen LogP contribution in [-0.2, 0) is 13.5 Å². The van der Waals surface area contributed by atoms with E-state index in [1.807, 2.05) is 0 Å². The first-order chi connectivity index (χ1) is 6.24. The molecule has 1 aliphatic rings. The highest BCUT2D eigenvalue weighted by Gasteiger charge is 2.26. The Bertz CT molecular complexity index is 346. The number of hydrogen-bond acceptors (Lipinski definition) is 2. The zero-order valence-corrected chi connectivity index (χ0v) is 7.46. The van der Waals surface area contributed by atoms with Gasteiger partial charge in [0.25, 0.3) is 0 Å². The van der Waals surface area contributed by atoms with Gasteiger partial charge >= 0.3 is 0 Å². The SMILES string of the molecule is Cn1nc(C=O)c2c1CCCC2F. The van der Waals surface area contributed by atoms with Gasteiger partial charge in [-0.15, -0.1) is 0 Å². The molecule has 0 N–H and O–H groups in total. The number of carbonyl (C=O) groups is 1. The number of rotatable bonds is 1. The minimum absolute atomic E-state index is 0.268. The lowest BCUT2D eigenvalue weighted by Crippen LogP contribution is -2.08. The summed E-state index contributed by atoms with van der Waals surface area (Å²) < 4.78 is 15.0. The summed E-state index contributed by atoms with van der Waals surface area (Å²) in [4.78, 5) is 10.6. The van der Waals surface area contributed by atoms with Crippen LogP contribution in [0.4, 0.5) is 4.39 Å². The Morgan fingerprint density at radius 1 is 1.69 bits per heavy atom. The fraction of sp³-hybridized carbons (Fsp3) is 0.556. The summed E-state index contributed by atoms with van der Waals surface area (Å²) >= 11 is 0. The lowest BCUT2D eigenvalue weighted by Gasteiger charge is -2.15. The van der Waals surface area contributed by atoms with Gasteiger partial charge in [-0.1, -0.05) is 0 Å². The van der Waals surface area contributed by atoms with E-state index in [0.29, 0.717) is 18.3 Å². The molecule has 70 valence electrons. The topological polar surface area (TPSA) is 34.9 Å². The summed E-state index contributed by atoms with van der Waals surface area (Å²) in [7, 11) is 1.75. The zero-order valence-electron chi connectivity index (χ0n) is 7.46. The van der Waals surface area contributed by atoms with Crippen LogP contribution in [0.1, 0.15) is 40.8 Å². The third-order valence-corrected chi connectivity index (χ3v) is 2.53. The van der Waals surface area contributed by atoms with Crippen molar-refractivity contribution in [2.45, 2.75) is 25.4 Å². The van der Waals surface area contributed by atoms with Gasteiger partial charge in [0.1, 0.15) is 11.9 Å². The molecule has 0 saturated carbocycles. The highest BCUT2D eigenvalue weighted by Crippen LogP contribution is 2.33. The van der Waals surface area contributed by atoms with E-state index in [0.717, 1.165) is 18.5 Å². The normalized spacial score (nSPS) is 21.2. The van der Waals surface area contributed by atoms with Crippen molar-refractivity contribution in [3.8, 4) is 0 Å². The van der Waals surface area contributed by atoms with Crippen LogP contribution in [-0.4, -0.2) is 16.1 Å². The molecule has 1 aliphatic carbocycles. The second kappa shape index (κ2) is 2.94. The second-order valence-corrected chi connectivity index (χ2v) is 3.35. The van der Waals surface area contributed by atoms with E-state index in [4.69, 9.17) is 0 Å². The third-order valence-electron chi connectivity index (χ3n) is 2.53. The Morgan fingerprint density at radius 2 is 2.46 bits per heavy atom. The summed E-state index contributed by atoms with van der Waals surface area (Å²) in [5, 5.41) is 3.97. The molecule has 0 bridgehead atoms. The van der Waals surface area contributed by atoms with Gasteiger partial charge in [0.15, 0.2) is 6.29 Å². The first-order valence-corrected chi connectivity index (χ1v) is 4.39. The van der Waals surface area contributed by atoms with Gasteiger partial charge in [-0.05, 0) is 19.3 Å². The van der Waals surface area contributed by atoms with Gasteiger partial charge in [0.05, 0.1) is 0 Å². The van der Waals surface area contributed by atoms with Crippen molar-refractivity contribution >= 4 is 6.29 Å². The number of alkyl halides is 1. The highest BCUT2D eigenvalue weighted by molar-refractivity contribution is 5.75. The molecule has 0 amide bonds. The summed E-state index contributed by atoms with van der Waals surface area (Å²) in [6.07, 6.45) is 1.81. The number of aldehydes is 1. The van der Waals surface area contributed by atoms with E-state index >= 15 is 0 Å². The summed E-state index contributed by atoms with van der Waals surface area (Å²) in [5.41, 5.74) is 1.66. The van der Waals surface area contributed by atoms with E-state index in [2.05, 4.69) is 5.10 Å². The van der Waals surface area contributed by atoms with Crippen LogP contribution in [0, 0.1) is 0 Å². The predicted octanol–water partition coefficient (Wildman–Crippen LogP) is 1.58. The van der Waals surface area contributed by atoms with Crippen molar-refractivity contribution in [1.29, 1.82) is 0 Å². The van der Waals surface area contributed by atoms with Crippen LogP contribution in [0.15, 0.2) is 0 Å². The Morgan fingerprint density at radius 3 is 3.15 bits per heavy atom. The molecule has 1 heterocycles. The van der Waals surface area contributed by atoms with Crippen LogP contribution >= 0.6 is 0 Å². The van der Waals surface area contributed by atoms with Crippen LogP contribution in [0.5, 0.6) is 0 Å². The number of aromatic nitrogens is 2. The molecule has 3 nitrogen and oxygen atoms in total. The van der Waals surface area contributed by atoms with Crippen LogP contribution in [0.25, 0.3) is 0 Å². The predicted molar refractivity (Wildman–Crippen MR) is 45.4 cm³/mol. The fourth-order valence-corrected chi connectivity index (χ4v) is 1.92. The lowest BCUT2D eigenvalue weighted by atomic mass is 9.94. The number of hydrogen-bond donors (Lipinski definition) is 0. The minimum atomic E-state index is -1.00. The number of aryl methyl sites for hydroxylation is 1. The smallest absolute Gasteiger partial charge is 0.170 e. The molecule has 13 heavy (non-hydrogen) atoms. The second-order valence-electron chi connectivity index (χ2n) is 3.35. The van der Waals surface area contributed by atoms with Gasteiger partial charge < -0.3 is 0 Å². The first kappa shape index (κ1) is 8.41. The van der Waals surface area contributed by atoms with Crippen molar-refractivity contribution in [3.05, 3.63) is 17.0 Å². The highest BCUT2D eigenvalue weighted by atomic mass is 19.1. The first-order valence-electron chi connectivity index (χ1n) is 4.39. The molecule has 1 unspecified atom stereocenters. The van der Waals surface area contributed by atoms with Crippen LogP contribution in [0.2, 0.25) is 0 Å². The van der Waals surface area contributed by atoms with Gasteiger partial charge in [0.2, 0.25) is 0 Å². The maximum absolute atomic E-state index is 13.4. The Labute approximate surface area is 75.5 Å². The Kier molecular flexibility index (Phi) is 1.90. The average molecular weight is 182 g/mol. The maximum atomic E-state index is 13.4. The molecule has 0 spiro atoms. The molecule has 0 aromatic carbocycles. The summed E-state index contributed by atoms with van der Waals surface area (Å²) in [6, 6.07) is 0. The van der Waals surface area contributed by atoms with E-state index in [1.54, 1.807) is 11.7 Å². The van der Waals surface area contributed by atoms with E-state index in [1.165, 1.54) is 0 Å². The molecule has 4 heteroatoms. The molecular weight excluding hydrogens is 171 g/mol.